The molecule has 0 amide bonds. The third kappa shape index (κ3) is 6.55. The molecule has 0 aliphatic heterocycles. The van der Waals surface area contributed by atoms with Crippen LogP contribution in [0.5, 0.6) is 0 Å². The molecule has 0 aromatic rings. The molecule has 74 valence electrons. The van der Waals surface area contributed by atoms with Crippen LogP contribution in [0.25, 0.3) is 0 Å². The molecule has 2 nitrogen and oxygen atoms in total. The van der Waals surface area contributed by atoms with Crippen molar-refractivity contribution in [2.24, 2.45) is 0 Å². The highest BCUT2D eigenvalue weighted by atomic mass is 19.1. The van der Waals surface area contributed by atoms with E-state index in [9.17, 15) is 4.39 Å². The van der Waals surface area contributed by atoms with E-state index >= 15 is 0 Å². The average molecular weight is 176 g/mol. The fourth-order valence-electron chi connectivity index (χ4n) is 0.903. The van der Waals surface area contributed by atoms with Crippen molar-refractivity contribution < 1.29 is 4.39 Å². The summed E-state index contributed by atoms with van der Waals surface area (Å²) in [5.41, 5.74) is 0. The lowest BCUT2D eigenvalue weighted by Crippen LogP contribution is -2.29. The van der Waals surface area contributed by atoms with Crippen molar-refractivity contribution >= 4 is 0 Å². The summed E-state index contributed by atoms with van der Waals surface area (Å²) in [6.45, 7) is 6.58. The fourth-order valence-corrected chi connectivity index (χ4v) is 0.903. The Morgan fingerprint density at radius 3 is 2.50 bits per heavy atom. The Balaban J connectivity index is 3.08. The lowest BCUT2D eigenvalue weighted by atomic mass is 10.3. The number of hydrogen-bond donors (Lipinski definition) is 1. The van der Waals surface area contributed by atoms with Gasteiger partial charge in [0.2, 0.25) is 0 Å². The highest BCUT2D eigenvalue weighted by molar-refractivity contribution is 4.57. The third-order valence-corrected chi connectivity index (χ3v) is 2.02. The first-order valence-corrected chi connectivity index (χ1v) is 4.65. The Kier molecular flexibility index (Phi) is 7.40. The van der Waals surface area contributed by atoms with Gasteiger partial charge in [0.15, 0.2) is 0 Å². The van der Waals surface area contributed by atoms with Crippen LogP contribution in [0.3, 0.4) is 0 Å². The van der Waals surface area contributed by atoms with E-state index in [0.29, 0.717) is 12.6 Å². The van der Waals surface area contributed by atoms with E-state index in [2.05, 4.69) is 31.1 Å². The molecule has 0 aliphatic carbocycles. The number of hydrogen-bond acceptors (Lipinski definition) is 2. The van der Waals surface area contributed by atoms with E-state index < -0.39 is 0 Å². The lowest BCUT2D eigenvalue weighted by Gasteiger charge is -2.20. The minimum atomic E-state index is -0.264. The Hall–Kier alpha value is -0.150. The molecule has 0 rings (SSSR count). The van der Waals surface area contributed by atoms with Gasteiger partial charge in [-0.15, -0.1) is 0 Å². The minimum absolute atomic E-state index is 0.264. The Morgan fingerprint density at radius 2 is 2.00 bits per heavy atom. The number of nitrogens with one attached hydrogen (secondary N) is 1. The molecule has 12 heavy (non-hydrogen) atoms. The summed E-state index contributed by atoms with van der Waals surface area (Å²) in [5.74, 6) is 0. The molecule has 0 aliphatic rings. The van der Waals surface area contributed by atoms with Gasteiger partial charge in [-0.05, 0) is 40.4 Å². The van der Waals surface area contributed by atoms with Gasteiger partial charge >= 0.3 is 0 Å². The van der Waals surface area contributed by atoms with Crippen LogP contribution in [0.2, 0.25) is 0 Å². The van der Waals surface area contributed by atoms with Crippen molar-refractivity contribution in [2.45, 2.75) is 26.3 Å². The molecule has 0 unspecified atom stereocenters. The van der Waals surface area contributed by atoms with Crippen molar-refractivity contribution in [1.29, 1.82) is 0 Å². The smallest absolute Gasteiger partial charge is 0.102 e. The monoisotopic (exact) mass is 176 g/mol. The molecule has 0 saturated heterocycles. The van der Waals surface area contributed by atoms with E-state index in [0.717, 1.165) is 19.5 Å². The molecule has 0 aromatic carbocycles. The summed E-state index contributed by atoms with van der Waals surface area (Å²) >= 11 is 0. The van der Waals surface area contributed by atoms with Gasteiger partial charge in [-0.3, -0.25) is 0 Å². The van der Waals surface area contributed by atoms with Crippen LogP contribution in [0.1, 0.15) is 20.3 Å². The summed E-state index contributed by atoms with van der Waals surface area (Å²) in [7, 11) is 2.11. The average Bonchev–Trinajstić information content (AvgIpc) is 2.03. The predicted molar refractivity (Wildman–Crippen MR) is 51.2 cm³/mol. The van der Waals surface area contributed by atoms with Gasteiger partial charge in [0, 0.05) is 12.6 Å². The lowest BCUT2D eigenvalue weighted by molar-refractivity contribution is 0.269. The van der Waals surface area contributed by atoms with Crippen LogP contribution in [-0.2, 0) is 0 Å². The summed E-state index contributed by atoms with van der Waals surface area (Å²) in [6, 6.07) is 0.603. The fraction of sp³-hybridized carbons (Fsp3) is 1.00. The maximum absolute atomic E-state index is 11.6. The first kappa shape index (κ1) is 11.8. The normalized spacial score (nSPS) is 11.5. The zero-order valence-corrected chi connectivity index (χ0v) is 8.44. The topological polar surface area (TPSA) is 15.3 Å². The third-order valence-electron chi connectivity index (χ3n) is 2.02. The summed E-state index contributed by atoms with van der Waals surface area (Å²) in [4.78, 5) is 2.29. The van der Waals surface area contributed by atoms with Gasteiger partial charge in [-0.25, -0.2) is 4.39 Å². The van der Waals surface area contributed by atoms with Gasteiger partial charge in [-0.2, -0.15) is 0 Å². The predicted octanol–water partition coefficient (Wildman–Crippen LogP) is 1.28. The Labute approximate surface area is 75.1 Å². The maximum Gasteiger partial charge on any atom is 0.102 e. The summed E-state index contributed by atoms with van der Waals surface area (Å²) < 4.78 is 11.6. The van der Waals surface area contributed by atoms with Gasteiger partial charge in [-0.1, -0.05) is 0 Å². The number of nitrogens with zero attached hydrogens (tertiary/aromatic N) is 1. The number of rotatable bonds is 7. The number of halogens is 1. The quantitative estimate of drug-likeness (QED) is 0.588. The van der Waals surface area contributed by atoms with Crippen LogP contribution in [0, 0.1) is 0 Å². The highest BCUT2D eigenvalue weighted by Gasteiger charge is 2.00. The first-order valence-electron chi connectivity index (χ1n) is 4.65. The summed E-state index contributed by atoms with van der Waals surface area (Å²) in [6.07, 6.45) is 1.09. The molecule has 0 bridgehead atoms. The largest absolute Gasteiger partial charge is 0.314 e. The summed E-state index contributed by atoms with van der Waals surface area (Å²) in [5, 5.41) is 3.03. The molecular weight excluding hydrogens is 155 g/mol. The Bertz CT molecular complexity index is 96.5. The van der Waals surface area contributed by atoms with E-state index in [-0.39, 0.29) is 6.67 Å². The molecule has 3 heteroatoms. The van der Waals surface area contributed by atoms with Crippen molar-refractivity contribution in [3.8, 4) is 0 Å². The highest BCUT2D eigenvalue weighted by Crippen LogP contribution is 1.93. The second-order valence-corrected chi connectivity index (χ2v) is 3.37. The molecular formula is C9H21FN2. The van der Waals surface area contributed by atoms with E-state index in [1.807, 2.05) is 0 Å². The molecule has 0 spiro atoms. The van der Waals surface area contributed by atoms with E-state index in [1.165, 1.54) is 0 Å². The number of alkyl halides is 1. The SMILES string of the molecule is CC(C)N(C)CCCNCCF. The Morgan fingerprint density at radius 1 is 1.33 bits per heavy atom. The molecule has 0 atom stereocenters. The molecule has 0 heterocycles. The van der Waals surface area contributed by atoms with Crippen molar-refractivity contribution in [3.05, 3.63) is 0 Å². The van der Waals surface area contributed by atoms with Gasteiger partial charge < -0.3 is 10.2 Å². The van der Waals surface area contributed by atoms with Gasteiger partial charge in [0.05, 0.1) is 0 Å². The molecule has 0 radical (unpaired) electrons. The molecule has 1 N–H and O–H groups in total. The molecule has 0 saturated carbocycles. The minimum Gasteiger partial charge on any atom is -0.314 e. The molecule has 0 fully saturated rings. The van der Waals surface area contributed by atoms with Crippen LogP contribution < -0.4 is 5.32 Å². The van der Waals surface area contributed by atoms with E-state index in [4.69, 9.17) is 0 Å². The van der Waals surface area contributed by atoms with Gasteiger partial charge in [0.1, 0.15) is 6.67 Å². The molecule has 0 aromatic heterocycles. The van der Waals surface area contributed by atoms with Crippen LogP contribution in [0.4, 0.5) is 4.39 Å². The maximum atomic E-state index is 11.6. The van der Waals surface area contributed by atoms with Gasteiger partial charge in [0.25, 0.3) is 0 Å². The zero-order valence-electron chi connectivity index (χ0n) is 8.44. The van der Waals surface area contributed by atoms with Crippen LogP contribution >= 0.6 is 0 Å². The van der Waals surface area contributed by atoms with Crippen LogP contribution in [-0.4, -0.2) is 44.3 Å². The second kappa shape index (κ2) is 7.50. The standard InChI is InChI=1S/C9H21FN2/c1-9(2)12(3)8-4-6-11-7-5-10/h9,11H,4-8H2,1-3H3. The van der Waals surface area contributed by atoms with Crippen LogP contribution in [0.15, 0.2) is 0 Å². The van der Waals surface area contributed by atoms with E-state index in [1.54, 1.807) is 0 Å². The van der Waals surface area contributed by atoms with Crippen molar-refractivity contribution in [1.82, 2.24) is 10.2 Å². The second-order valence-electron chi connectivity index (χ2n) is 3.37. The first-order chi connectivity index (χ1) is 5.68. The van der Waals surface area contributed by atoms with Crippen molar-refractivity contribution in [2.75, 3.05) is 33.4 Å². The zero-order chi connectivity index (χ0) is 9.40. The van der Waals surface area contributed by atoms with Crippen molar-refractivity contribution in [3.63, 3.8) is 0 Å².